The van der Waals surface area contributed by atoms with Crippen LogP contribution in [-0.4, -0.2) is 35.9 Å². The molecule has 7 nitrogen and oxygen atoms in total. The predicted octanol–water partition coefficient (Wildman–Crippen LogP) is 5.38. The molecule has 1 aliphatic heterocycles. The van der Waals surface area contributed by atoms with E-state index in [1.54, 1.807) is 30.3 Å². The number of nitrogens with one attached hydrogen (secondary N) is 1. The van der Waals surface area contributed by atoms with Gasteiger partial charge in [0, 0.05) is 6.04 Å². The van der Waals surface area contributed by atoms with Crippen LogP contribution in [0.4, 0.5) is 4.79 Å². The number of rotatable bonds is 6. The topological polar surface area (TPSA) is 84.9 Å². The fourth-order valence-electron chi connectivity index (χ4n) is 4.19. The smallest absolute Gasteiger partial charge is 0.331 e. The number of amides is 4. The van der Waals surface area contributed by atoms with E-state index in [2.05, 4.69) is 5.32 Å². The van der Waals surface area contributed by atoms with Crippen LogP contribution in [0.25, 0.3) is 6.08 Å². The van der Waals surface area contributed by atoms with Crippen molar-refractivity contribution in [3.63, 3.8) is 0 Å². The summed E-state index contributed by atoms with van der Waals surface area (Å²) in [6.45, 7) is 0.243. The number of barbiturate groups is 1. The molecule has 1 saturated carbocycles. The van der Waals surface area contributed by atoms with Gasteiger partial charge >= 0.3 is 6.03 Å². The first kappa shape index (κ1) is 24.1. The quantitative estimate of drug-likeness (QED) is 0.423. The van der Waals surface area contributed by atoms with Crippen LogP contribution in [0.3, 0.4) is 0 Å². The molecule has 2 aromatic carbocycles. The average Bonchev–Trinajstić information content (AvgIpc) is 2.83. The number of carbonyl (C=O) groups is 3. The standard InChI is InChI=1S/C25H24Cl2N2O5/c1-33-22-13-15(8-10-21(22)34-14-16-7-9-19(26)20(27)12-16)11-18-23(30)28-25(32)29(24(18)31)17-5-3-2-4-6-17/h7-13,17H,2-6,14H2,1H3,(H,28,30,32). The molecule has 0 bridgehead atoms. The van der Waals surface area contributed by atoms with Crippen molar-refractivity contribution in [3.8, 4) is 11.5 Å². The number of carbonyl (C=O) groups excluding carboxylic acids is 3. The first-order chi connectivity index (χ1) is 16.4. The van der Waals surface area contributed by atoms with Gasteiger partial charge in [0.15, 0.2) is 11.5 Å². The number of nitrogens with zero attached hydrogens (tertiary/aromatic N) is 1. The summed E-state index contributed by atoms with van der Waals surface area (Å²) in [5, 5.41) is 3.20. The minimum atomic E-state index is -0.707. The van der Waals surface area contributed by atoms with E-state index in [0.717, 1.165) is 37.7 Å². The van der Waals surface area contributed by atoms with Crippen molar-refractivity contribution in [2.24, 2.45) is 0 Å². The summed E-state index contributed by atoms with van der Waals surface area (Å²) < 4.78 is 11.3. The van der Waals surface area contributed by atoms with Gasteiger partial charge in [0.05, 0.1) is 17.2 Å². The first-order valence-corrected chi connectivity index (χ1v) is 11.8. The molecule has 2 aliphatic rings. The Balaban J connectivity index is 1.54. The number of benzene rings is 2. The molecule has 0 radical (unpaired) electrons. The molecule has 1 heterocycles. The van der Waals surface area contributed by atoms with Crippen molar-refractivity contribution in [1.29, 1.82) is 0 Å². The van der Waals surface area contributed by atoms with Crippen LogP contribution in [0.1, 0.15) is 43.2 Å². The van der Waals surface area contributed by atoms with Crippen LogP contribution >= 0.6 is 23.2 Å². The Hall–Kier alpha value is -3.03. The lowest BCUT2D eigenvalue weighted by molar-refractivity contribution is -0.132. The van der Waals surface area contributed by atoms with E-state index in [9.17, 15) is 14.4 Å². The SMILES string of the molecule is COc1cc(C=C2C(=O)NC(=O)N(C3CCCCC3)C2=O)ccc1OCc1ccc(Cl)c(Cl)c1. The van der Waals surface area contributed by atoms with Crippen molar-refractivity contribution in [2.75, 3.05) is 7.11 Å². The Labute approximate surface area is 207 Å². The molecule has 2 aromatic rings. The summed E-state index contributed by atoms with van der Waals surface area (Å²) in [7, 11) is 1.50. The Bertz CT molecular complexity index is 1160. The Morgan fingerprint density at radius 2 is 1.76 bits per heavy atom. The molecule has 9 heteroatoms. The second kappa shape index (κ2) is 10.5. The van der Waals surface area contributed by atoms with E-state index in [1.165, 1.54) is 18.1 Å². The van der Waals surface area contributed by atoms with Gasteiger partial charge in [0.1, 0.15) is 12.2 Å². The van der Waals surface area contributed by atoms with E-state index in [4.69, 9.17) is 32.7 Å². The number of ether oxygens (including phenoxy) is 2. The van der Waals surface area contributed by atoms with Gasteiger partial charge in [0.25, 0.3) is 11.8 Å². The highest BCUT2D eigenvalue weighted by molar-refractivity contribution is 6.42. The molecule has 178 valence electrons. The van der Waals surface area contributed by atoms with Gasteiger partial charge < -0.3 is 9.47 Å². The van der Waals surface area contributed by atoms with Crippen molar-refractivity contribution >= 4 is 47.1 Å². The Morgan fingerprint density at radius 1 is 1.00 bits per heavy atom. The zero-order valence-corrected chi connectivity index (χ0v) is 20.1. The molecule has 2 fully saturated rings. The number of urea groups is 1. The predicted molar refractivity (Wildman–Crippen MR) is 129 cm³/mol. The molecule has 1 aliphatic carbocycles. The molecule has 4 amide bonds. The second-order valence-electron chi connectivity index (χ2n) is 8.23. The summed E-state index contributed by atoms with van der Waals surface area (Å²) in [4.78, 5) is 39.1. The van der Waals surface area contributed by atoms with E-state index < -0.39 is 17.8 Å². The third-order valence-corrected chi connectivity index (χ3v) is 6.69. The van der Waals surface area contributed by atoms with Crippen LogP contribution in [0, 0.1) is 0 Å². The van der Waals surface area contributed by atoms with Crippen molar-refractivity contribution in [1.82, 2.24) is 10.2 Å². The van der Waals surface area contributed by atoms with Crippen LogP contribution in [0.5, 0.6) is 11.5 Å². The lowest BCUT2D eigenvalue weighted by atomic mass is 9.93. The maximum absolute atomic E-state index is 13.1. The number of methoxy groups -OCH3 is 1. The highest BCUT2D eigenvalue weighted by atomic mass is 35.5. The number of halogens is 2. The monoisotopic (exact) mass is 502 g/mol. The van der Waals surface area contributed by atoms with Gasteiger partial charge in [0.2, 0.25) is 0 Å². The van der Waals surface area contributed by atoms with Gasteiger partial charge in [-0.2, -0.15) is 0 Å². The molecule has 1 N–H and O–H groups in total. The first-order valence-electron chi connectivity index (χ1n) is 11.0. The molecular formula is C25H24Cl2N2O5. The number of imide groups is 2. The van der Waals surface area contributed by atoms with E-state index in [0.29, 0.717) is 27.1 Å². The molecule has 0 aromatic heterocycles. The Kier molecular flexibility index (Phi) is 7.44. The molecule has 0 spiro atoms. The molecular weight excluding hydrogens is 479 g/mol. The van der Waals surface area contributed by atoms with Gasteiger partial charge in [-0.25, -0.2) is 4.79 Å². The largest absolute Gasteiger partial charge is 0.493 e. The molecule has 34 heavy (non-hydrogen) atoms. The zero-order chi connectivity index (χ0) is 24.2. The summed E-state index contributed by atoms with van der Waals surface area (Å²) in [6, 6.07) is 9.46. The van der Waals surface area contributed by atoms with Crippen LogP contribution < -0.4 is 14.8 Å². The lowest BCUT2D eigenvalue weighted by Crippen LogP contribution is -2.58. The zero-order valence-electron chi connectivity index (χ0n) is 18.6. The number of hydrogen-bond acceptors (Lipinski definition) is 5. The summed E-state index contributed by atoms with van der Waals surface area (Å²) >= 11 is 12.0. The third-order valence-electron chi connectivity index (χ3n) is 5.95. The fraction of sp³-hybridized carbons (Fsp3) is 0.320. The van der Waals surface area contributed by atoms with Gasteiger partial charge in [-0.15, -0.1) is 0 Å². The van der Waals surface area contributed by atoms with Crippen molar-refractivity contribution < 1.29 is 23.9 Å². The number of hydrogen-bond donors (Lipinski definition) is 1. The molecule has 0 unspecified atom stereocenters. The fourth-order valence-corrected chi connectivity index (χ4v) is 4.51. The van der Waals surface area contributed by atoms with Crippen molar-refractivity contribution in [3.05, 3.63) is 63.1 Å². The van der Waals surface area contributed by atoms with Gasteiger partial charge in [-0.3, -0.25) is 19.8 Å². The van der Waals surface area contributed by atoms with Crippen LogP contribution in [0.15, 0.2) is 42.0 Å². The summed E-state index contributed by atoms with van der Waals surface area (Å²) in [5.74, 6) is -0.368. The minimum Gasteiger partial charge on any atom is -0.493 e. The second-order valence-corrected chi connectivity index (χ2v) is 9.05. The summed E-state index contributed by atoms with van der Waals surface area (Å²) in [5.41, 5.74) is 1.31. The van der Waals surface area contributed by atoms with E-state index in [1.807, 2.05) is 6.07 Å². The van der Waals surface area contributed by atoms with E-state index in [-0.39, 0.29) is 18.2 Å². The molecule has 4 rings (SSSR count). The Morgan fingerprint density at radius 3 is 2.47 bits per heavy atom. The lowest BCUT2D eigenvalue weighted by Gasteiger charge is -2.35. The van der Waals surface area contributed by atoms with Gasteiger partial charge in [-0.1, -0.05) is 54.6 Å². The molecule has 0 atom stereocenters. The highest BCUT2D eigenvalue weighted by Crippen LogP contribution is 2.32. The highest BCUT2D eigenvalue weighted by Gasteiger charge is 2.40. The van der Waals surface area contributed by atoms with E-state index >= 15 is 0 Å². The average molecular weight is 503 g/mol. The third kappa shape index (κ3) is 5.21. The minimum absolute atomic E-state index is 0.0864. The van der Waals surface area contributed by atoms with Crippen LogP contribution in [-0.2, 0) is 16.2 Å². The molecule has 1 saturated heterocycles. The maximum Gasteiger partial charge on any atom is 0.331 e. The van der Waals surface area contributed by atoms with Gasteiger partial charge in [-0.05, 0) is 54.3 Å². The maximum atomic E-state index is 13.1. The van der Waals surface area contributed by atoms with Crippen LogP contribution in [0.2, 0.25) is 10.0 Å². The summed E-state index contributed by atoms with van der Waals surface area (Å²) in [6.07, 6.45) is 5.95. The van der Waals surface area contributed by atoms with Crippen molar-refractivity contribution in [2.45, 2.75) is 44.8 Å². The normalized spacial score (nSPS) is 18.3.